The maximum absolute atomic E-state index is 11.7. The Balaban J connectivity index is 1.55. The van der Waals surface area contributed by atoms with E-state index in [2.05, 4.69) is 21.2 Å². The van der Waals surface area contributed by atoms with Crippen molar-refractivity contribution in [3.63, 3.8) is 0 Å². The monoisotopic (exact) mass is 343 g/mol. The van der Waals surface area contributed by atoms with E-state index in [-0.39, 0.29) is 5.91 Å². The third-order valence-corrected chi connectivity index (χ3v) is 3.91. The lowest BCUT2D eigenvalue weighted by molar-refractivity contribution is 0.0917. The van der Waals surface area contributed by atoms with Gasteiger partial charge in [0.25, 0.3) is 5.91 Å². The predicted octanol–water partition coefficient (Wildman–Crippen LogP) is 3.44. The first kappa shape index (κ1) is 14.3. The Bertz CT molecular complexity index is 510. The van der Waals surface area contributed by atoms with Crippen LogP contribution in [0.3, 0.4) is 0 Å². The predicted molar refractivity (Wildman–Crippen MR) is 77.3 cm³/mol. The zero-order valence-electron chi connectivity index (χ0n) is 10.2. The van der Waals surface area contributed by atoms with Gasteiger partial charge in [-0.3, -0.25) is 4.79 Å². The van der Waals surface area contributed by atoms with Gasteiger partial charge in [0.05, 0.1) is 15.6 Å². The highest BCUT2D eigenvalue weighted by molar-refractivity contribution is 9.11. The van der Waals surface area contributed by atoms with E-state index < -0.39 is 0 Å². The van der Waals surface area contributed by atoms with Crippen molar-refractivity contribution in [1.29, 1.82) is 0 Å². The molecule has 2 rings (SSSR count). The second kappa shape index (κ2) is 7.47. The molecule has 0 spiro atoms. The fraction of sp³-hybridized carbons (Fsp3) is 0.308. The van der Waals surface area contributed by atoms with E-state index in [1.54, 1.807) is 6.26 Å². The molecule has 0 unspecified atom stereocenters. The summed E-state index contributed by atoms with van der Waals surface area (Å²) in [6.07, 6.45) is 2.40. The second-order valence-corrected chi connectivity index (χ2v) is 6.17. The largest absolute Gasteiger partial charge is 0.467 e. The maximum atomic E-state index is 11.7. The van der Waals surface area contributed by atoms with Gasteiger partial charge in [-0.15, -0.1) is 11.3 Å². The first-order valence-corrected chi connectivity index (χ1v) is 7.55. The fourth-order valence-corrected chi connectivity index (χ4v) is 2.61. The van der Waals surface area contributed by atoms with Crippen molar-refractivity contribution >= 4 is 33.2 Å². The van der Waals surface area contributed by atoms with Gasteiger partial charge in [0.15, 0.2) is 0 Å². The number of furan rings is 1. The molecule has 0 atom stereocenters. The zero-order chi connectivity index (χ0) is 13.5. The third kappa shape index (κ3) is 4.81. The number of ether oxygens (including phenoxy) is 1. The Morgan fingerprint density at radius 2 is 2.42 bits per heavy atom. The van der Waals surface area contributed by atoms with Crippen molar-refractivity contribution in [3.8, 4) is 0 Å². The molecule has 1 amide bonds. The molecular formula is C13H14BrNO3S. The van der Waals surface area contributed by atoms with Crippen molar-refractivity contribution in [3.05, 3.63) is 45.0 Å². The van der Waals surface area contributed by atoms with Crippen LogP contribution in [0.2, 0.25) is 0 Å². The minimum Gasteiger partial charge on any atom is -0.467 e. The molecule has 0 fully saturated rings. The number of carbonyl (C=O) groups excluding carboxylic acids is 1. The molecule has 0 aromatic carbocycles. The van der Waals surface area contributed by atoms with Crippen LogP contribution >= 0.6 is 27.3 Å². The molecule has 0 aliphatic carbocycles. The van der Waals surface area contributed by atoms with Crippen LogP contribution in [0, 0.1) is 0 Å². The van der Waals surface area contributed by atoms with E-state index in [9.17, 15) is 4.79 Å². The Kier molecular flexibility index (Phi) is 5.62. The molecule has 0 saturated carbocycles. The first-order valence-electron chi connectivity index (χ1n) is 5.88. The van der Waals surface area contributed by atoms with Crippen LogP contribution in [0.5, 0.6) is 0 Å². The Morgan fingerprint density at radius 1 is 1.53 bits per heavy atom. The van der Waals surface area contributed by atoms with Crippen LogP contribution in [0.25, 0.3) is 0 Å². The molecule has 1 N–H and O–H groups in total. The lowest BCUT2D eigenvalue weighted by Gasteiger charge is -2.04. The quantitative estimate of drug-likeness (QED) is 0.783. The molecular weight excluding hydrogens is 330 g/mol. The van der Waals surface area contributed by atoms with E-state index in [0.29, 0.717) is 25.3 Å². The van der Waals surface area contributed by atoms with Crippen molar-refractivity contribution in [2.24, 2.45) is 0 Å². The van der Waals surface area contributed by atoms with Gasteiger partial charge in [-0.25, -0.2) is 0 Å². The summed E-state index contributed by atoms with van der Waals surface area (Å²) in [7, 11) is 0. The molecule has 0 aliphatic rings. The summed E-state index contributed by atoms with van der Waals surface area (Å²) in [4.78, 5) is 11.7. The first-order chi connectivity index (χ1) is 9.25. The molecule has 2 aromatic rings. The molecule has 6 heteroatoms. The highest BCUT2D eigenvalue weighted by Gasteiger charge is 2.06. The fourth-order valence-electron chi connectivity index (χ4n) is 1.47. The maximum Gasteiger partial charge on any atom is 0.252 e. The number of rotatable bonds is 7. The van der Waals surface area contributed by atoms with Crippen LogP contribution in [0.15, 0.2) is 38.0 Å². The molecule has 0 aliphatic heterocycles. The summed E-state index contributed by atoms with van der Waals surface area (Å²) in [6, 6.07) is 5.52. The molecule has 2 aromatic heterocycles. The van der Waals surface area contributed by atoms with Crippen molar-refractivity contribution in [1.82, 2.24) is 5.32 Å². The molecule has 2 heterocycles. The van der Waals surface area contributed by atoms with Crippen molar-refractivity contribution < 1.29 is 13.9 Å². The molecule has 4 nitrogen and oxygen atoms in total. The highest BCUT2D eigenvalue weighted by Crippen LogP contribution is 2.20. The van der Waals surface area contributed by atoms with Gasteiger partial charge in [-0.05, 0) is 40.5 Å². The average Bonchev–Trinajstić information content (AvgIpc) is 3.04. The van der Waals surface area contributed by atoms with Crippen molar-refractivity contribution in [2.45, 2.75) is 13.0 Å². The minimum atomic E-state index is -0.0482. The Labute approximate surface area is 123 Å². The summed E-state index contributed by atoms with van der Waals surface area (Å²) in [5.74, 6) is 0.764. The van der Waals surface area contributed by atoms with E-state index in [4.69, 9.17) is 9.15 Å². The van der Waals surface area contributed by atoms with E-state index in [1.165, 1.54) is 11.3 Å². The van der Waals surface area contributed by atoms with Gasteiger partial charge in [-0.2, -0.15) is 0 Å². The van der Waals surface area contributed by atoms with Gasteiger partial charge in [0.2, 0.25) is 0 Å². The standard InChI is InChI=1S/C13H14BrNO3S/c14-12-7-10(9-19-12)13(16)15-4-2-5-17-8-11-3-1-6-18-11/h1,3,6-7,9H,2,4-5,8H2,(H,15,16). The second-order valence-electron chi connectivity index (χ2n) is 3.88. The van der Waals surface area contributed by atoms with Crippen LogP contribution < -0.4 is 5.32 Å². The van der Waals surface area contributed by atoms with Gasteiger partial charge in [-0.1, -0.05) is 0 Å². The lowest BCUT2D eigenvalue weighted by Crippen LogP contribution is -2.24. The summed E-state index contributed by atoms with van der Waals surface area (Å²) in [5, 5.41) is 4.68. The smallest absolute Gasteiger partial charge is 0.252 e. The highest BCUT2D eigenvalue weighted by atomic mass is 79.9. The zero-order valence-corrected chi connectivity index (χ0v) is 12.6. The Morgan fingerprint density at radius 3 is 3.11 bits per heavy atom. The van der Waals surface area contributed by atoms with Crippen molar-refractivity contribution in [2.75, 3.05) is 13.2 Å². The number of halogens is 1. The number of thiophene rings is 1. The normalized spacial score (nSPS) is 10.6. The Hall–Kier alpha value is -1.11. The number of carbonyl (C=O) groups is 1. The summed E-state index contributed by atoms with van der Waals surface area (Å²) in [5.41, 5.74) is 0.688. The van der Waals surface area contributed by atoms with Crippen LogP contribution in [-0.2, 0) is 11.3 Å². The van der Waals surface area contributed by atoms with Crippen LogP contribution in [-0.4, -0.2) is 19.1 Å². The van der Waals surface area contributed by atoms with E-state index >= 15 is 0 Å². The molecule has 0 radical (unpaired) electrons. The molecule has 0 bridgehead atoms. The third-order valence-electron chi connectivity index (χ3n) is 2.41. The average molecular weight is 344 g/mol. The SMILES string of the molecule is O=C(NCCCOCc1ccco1)c1csc(Br)c1. The molecule has 19 heavy (non-hydrogen) atoms. The lowest BCUT2D eigenvalue weighted by atomic mass is 10.3. The van der Waals surface area contributed by atoms with E-state index in [0.717, 1.165) is 16.0 Å². The van der Waals surface area contributed by atoms with Crippen LogP contribution in [0.4, 0.5) is 0 Å². The van der Waals surface area contributed by atoms with Gasteiger partial charge in [0, 0.05) is 18.5 Å². The summed E-state index contributed by atoms with van der Waals surface area (Å²) < 4.78 is 11.5. The van der Waals surface area contributed by atoms with E-state index in [1.807, 2.05) is 23.6 Å². The van der Waals surface area contributed by atoms with Gasteiger partial charge >= 0.3 is 0 Å². The number of hydrogen-bond acceptors (Lipinski definition) is 4. The van der Waals surface area contributed by atoms with Gasteiger partial charge < -0.3 is 14.5 Å². The number of hydrogen-bond donors (Lipinski definition) is 1. The molecule has 102 valence electrons. The molecule has 0 saturated heterocycles. The van der Waals surface area contributed by atoms with Gasteiger partial charge in [0.1, 0.15) is 12.4 Å². The topological polar surface area (TPSA) is 51.5 Å². The summed E-state index contributed by atoms with van der Waals surface area (Å²) >= 11 is 4.83. The number of amides is 1. The summed E-state index contributed by atoms with van der Waals surface area (Å²) in [6.45, 7) is 1.66. The minimum absolute atomic E-state index is 0.0482. The van der Waals surface area contributed by atoms with Crippen LogP contribution in [0.1, 0.15) is 22.5 Å². The number of nitrogens with one attached hydrogen (secondary N) is 1.